The number of hydrogen-bond acceptors (Lipinski definition) is 4. The number of benzene rings is 1. The molecule has 1 atom stereocenters. The van der Waals surface area contributed by atoms with Gasteiger partial charge in [-0.15, -0.1) is 0 Å². The largest absolute Gasteiger partial charge is 0.383 e. The van der Waals surface area contributed by atoms with Crippen molar-refractivity contribution in [1.82, 2.24) is 15.3 Å². The number of carbonyl (C=O) groups is 1. The third-order valence-electron chi connectivity index (χ3n) is 2.87. The monoisotopic (exact) mass is 383 g/mol. The number of hydrogen-bond donors (Lipinski definition) is 2. The number of amides is 1. The molecule has 0 radical (unpaired) electrons. The van der Waals surface area contributed by atoms with Crippen molar-refractivity contribution >= 4 is 33.6 Å². The van der Waals surface area contributed by atoms with Crippen LogP contribution in [0.4, 0.5) is 0 Å². The number of methoxy groups -OCH3 is 1. The van der Waals surface area contributed by atoms with Gasteiger partial charge in [-0.25, -0.2) is 4.98 Å². The number of rotatable bonds is 7. The smallest absolute Gasteiger partial charge is 0.230 e. The first kappa shape index (κ1) is 17.1. The molecule has 5 nitrogen and oxygen atoms in total. The topological polar surface area (TPSA) is 67.0 Å². The molecule has 0 aliphatic rings. The predicted molar refractivity (Wildman–Crippen MR) is 91.9 cm³/mol. The van der Waals surface area contributed by atoms with E-state index in [1.807, 2.05) is 31.2 Å². The number of nitrogens with one attached hydrogen (secondary N) is 2. The molecule has 22 heavy (non-hydrogen) atoms. The maximum absolute atomic E-state index is 11.8. The van der Waals surface area contributed by atoms with Gasteiger partial charge in [0, 0.05) is 17.6 Å². The van der Waals surface area contributed by atoms with Crippen LogP contribution in [0.2, 0.25) is 0 Å². The summed E-state index contributed by atoms with van der Waals surface area (Å²) in [4.78, 5) is 19.3. The summed E-state index contributed by atoms with van der Waals surface area (Å²) in [7, 11) is 1.61. The Morgan fingerprint density at radius 2 is 2.18 bits per heavy atom. The van der Waals surface area contributed by atoms with Gasteiger partial charge >= 0.3 is 0 Å². The van der Waals surface area contributed by atoms with Crippen LogP contribution < -0.4 is 5.32 Å². The van der Waals surface area contributed by atoms with Crippen LogP contribution in [-0.2, 0) is 9.53 Å². The predicted octanol–water partition coefficient (Wildman–Crippen LogP) is 3.08. The fourth-order valence-corrected chi connectivity index (χ4v) is 2.82. The summed E-state index contributed by atoms with van der Waals surface area (Å²) in [5.41, 5.74) is 1.99. The van der Waals surface area contributed by atoms with Gasteiger partial charge in [-0.05, 0) is 24.6 Å². The Morgan fingerprint density at radius 1 is 1.45 bits per heavy atom. The van der Waals surface area contributed by atoms with Crippen molar-refractivity contribution in [2.24, 2.45) is 0 Å². The first-order valence-electron chi connectivity index (χ1n) is 6.80. The van der Waals surface area contributed by atoms with Crippen LogP contribution in [0.1, 0.15) is 6.92 Å². The molecule has 0 aliphatic heterocycles. The van der Waals surface area contributed by atoms with Gasteiger partial charge in [0.15, 0.2) is 5.16 Å². The summed E-state index contributed by atoms with van der Waals surface area (Å²) < 4.78 is 6.02. The second-order valence-electron chi connectivity index (χ2n) is 4.82. The van der Waals surface area contributed by atoms with Crippen LogP contribution in [0.15, 0.2) is 40.1 Å². The summed E-state index contributed by atoms with van der Waals surface area (Å²) in [6.45, 7) is 2.41. The van der Waals surface area contributed by atoms with E-state index < -0.39 is 0 Å². The van der Waals surface area contributed by atoms with E-state index in [9.17, 15) is 4.79 Å². The molecule has 0 saturated carbocycles. The number of nitrogens with zero attached hydrogens (tertiary/aromatic N) is 1. The van der Waals surface area contributed by atoms with Crippen molar-refractivity contribution in [2.45, 2.75) is 18.1 Å². The molecule has 2 rings (SSSR count). The normalized spacial score (nSPS) is 12.1. The number of imidazole rings is 1. The van der Waals surface area contributed by atoms with E-state index in [0.717, 1.165) is 20.9 Å². The van der Waals surface area contributed by atoms with Gasteiger partial charge in [-0.1, -0.05) is 39.8 Å². The Kier molecular flexibility index (Phi) is 6.48. The van der Waals surface area contributed by atoms with Gasteiger partial charge in [0.05, 0.1) is 24.3 Å². The number of aromatic nitrogens is 2. The molecule has 2 N–H and O–H groups in total. The van der Waals surface area contributed by atoms with Crippen LogP contribution in [0.5, 0.6) is 0 Å². The third kappa shape index (κ3) is 5.15. The molecule has 0 fully saturated rings. The lowest BCUT2D eigenvalue weighted by Crippen LogP contribution is -2.36. The summed E-state index contributed by atoms with van der Waals surface area (Å²) in [6, 6.07) is 7.98. The van der Waals surface area contributed by atoms with Gasteiger partial charge in [0.1, 0.15) is 0 Å². The SMILES string of the molecule is COCC(C)NC(=O)CSc1ncc(-c2ccc(Br)cc2)[nH]1. The number of halogens is 1. The fourth-order valence-electron chi connectivity index (χ4n) is 1.89. The Morgan fingerprint density at radius 3 is 2.86 bits per heavy atom. The molecule has 1 heterocycles. The summed E-state index contributed by atoms with van der Waals surface area (Å²) in [5, 5.41) is 3.59. The van der Waals surface area contributed by atoms with Crippen molar-refractivity contribution in [3.05, 3.63) is 34.9 Å². The maximum atomic E-state index is 11.8. The van der Waals surface area contributed by atoms with E-state index in [0.29, 0.717) is 12.4 Å². The van der Waals surface area contributed by atoms with Crippen LogP contribution in [0.25, 0.3) is 11.3 Å². The highest BCUT2D eigenvalue weighted by molar-refractivity contribution is 9.10. The fraction of sp³-hybridized carbons (Fsp3) is 0.333. The molecule has 1 aromatic heterocycles. The van der Waals surface area contributed by atoms with Crippen LogP contribution >= 0.6 is 27.7 Å². The molecule has 0 bridgehead atoms. The lowest BCUT2D eigenvalue weighted by molar-refractivity contribution is -0.119. The lowest BCUT2D eigenvalue weighted by atomic mass is 10.2. The molecule has 0 aliphatic carbocycles. The molecule has 0 spiro atoms. The number of H-pyrrole nitrogens is 1. The minimum absolute atomic E-state index is 0.00743. The Balaban J connectivity index is 1.87. The summed E-state index contributed by atoms with van der Waals surface area (Å²) in [6.07, 6.45) is 1.77. The molecule has 1 amide bonds. The Labute approximate surface area is 142 Å². The van der Waals surface area contributed by atoms with Gasteiger partial charge in [0.25, 0.3) is 0 Å². The van der Waals surface area contributed by atoms with Crippen molar-refractivity contribution in [3.63, 3.8) is 0 Å². The lowest BCUT2D eigenvalue weighted by Gasteiger charge is -2.11. The summed E-state index contributed by atoms with van der Waals surface area (Å²) >= 11 is 4.79. The number of ether oxygens (including phenoxy) is 1. The maximum Gasteiger partial charge on any atom is 0.230 e. The van der Waals surface area contributed by atoms with Crippen LogP contribution in [0, 0.1) is 0 Å². The number of aromatic amines is 1. The van der Waals surface area contributed by atoms with Crippen LogP contribution in [0.3, 0.4) is 0 Å². The average Bonchev–Trinajstić information content (AvgIpc) is 2.95. The van der Waals surface area contributed by atoms with Crippen molar-refractivity contribution < 1.29 is 9.53 Å². The molecular weight excluding hydrogens is 366 g/mol. The number of carbonyl (C=O) groups excluding carboxylic acids is 1. The molecule has 0 saturated heterocycles. The van der Waals surface area contributed by atoms with E-state index in [2.05, 4.69) is 31.2 Å². The van der Waals surface area contributed by atoms with Gasteiger partial charge < -0.3 is 15.0 Å². The zero-order valence-corrected chi connectivity index (χ0v) is 14.8. The van der Waals surface area contributed by atoms with Crippen molar-refractivity contribution in [2.75, 3.05) is 19.5 Å². The standard InChI is InChI=1S/C15H18BrN3O2S/c1-10(8-21-2)18-14(20)9-22-15-17-7-13(19-15)11-3-5-12(16)6-4-11/h3-7,10H,8-9H2,1-2H3,(H,17,19)(H,18,20). The second-order valence-corrected chi connectivity index (χ2v) is 6.70. The third-order valence-corrected chi connectivity index (χ3v) is 4.29. The van der Waals surface area contributed by atoms with E-state index in [1.165, 1.54) is 11.8 Å². The molecule has 7 heteroatoms. The second kappa shape index (κ2) is 8.36. The van der Waals surface area contributed by atoms with E-state index in [1.54, 1.807) is 13.3 Å². The summed E-state index contributed by atoms with van der Waals surface area (Å²) in [5.74, 6) is 0.289. The first-order valence-corrected chi connectivity index (χ1v) is 8.58. The van der Waals surface area contributed by atoms with Gasteiger partial charge in [-0.2, -0.15) is 0 Å². The zero-order valence-electron chi connectivity index (χ0n) is 12.4. The van der Waals surface area contributed by atoms with E-state index in [-0.39, 0.29) is 11.9 Å². The van der Waals surface area contributed by atoms with E-state index >= 15 is 0 Å². The quantitative estimate of drug-likeness (QED) is 0.720. The highest BCUT2D eigenvalue weighted by Gasteiger charge is 2.09. The van der Waals surface area contributed by atoms with Gasteiger partial charge in [0.2, 0.25) is 5.91 Å². The minimum atomic E-state index is -0.0314. The highest BCUT2D eigenvalue weighted by atomic mass is 79.9. The highest BCUT2D eigenvalue weighted by Crippen LogP contribution is 2.22. The molecule has 118 valence electrons. The van der Waals surface area contributed by atoms with E-state index in [4.69, 9.17) is 4.74 Å². The van der Waals surface area contributed by atoms with Gasteiger partial charge in [-0.3, -0.25) is 4.79 Å². The zero-order chi connectivity index (χ0) is 15.9. The van der Waals surface area contributed by atoms with Crippen molar-refractivity contribution in [1.29, 1.82) is 0 Å². The first-order chi connectivity index (χ1) is 10.6. The Bertz CT molecular complexity index is 616. The van der Waals surface area contributed by atoms with Crippen molar-refractivity contribution in [3.8, 4) is 11.3 Å². The minimum Gasteiger partial charge on any atom is -0.383 e. The molecule has 2 aromatic rings. The number of thioether (sulfide) groups is 1. The molecule has 1 unspecified atom stereocenters. The molecule has 1 aromatic carbocycles. The molecular formula is C15H18BrN3O2S. The Hall–Kier alpha value is -1.31. The van der Waals surface area contributed by atoms with Crippen LogP contribution in [-0.4, -0.2) is 41.4 Å². The average molecular weight is 384 g/mol.